The number of rotatable bonds is 1. The van der Waals surface area contributed by atoms with Crippen LogP contribution in [0.15, 0.2) is 18.2 Å². The van der Waals surface area contributed by atoms with Crippen LogP contribution in [0.5, 0.6) is 0 Å². The van der Waals surface area contributed by atoms with Crippen LogP contribution in [0.25, 0.3) is 0 Å². The lowest BCUT2D eigenvalue weighted by atomic mass is 10.1. The molecule has 1 aliphatic heterocycles. The zero-order chi connectivity index (χ0) is 9.97. The first kappa shape index (κ1) is 9.57. The van der Waals surface area contributed by atoms with Crippen LogP contribution in [0.3, 0.4) is 0 Å². The Bertz CT molecular complexity index is 311. The molecule has 1 aromatic carbocycles. The lowest BCUT2D eigenvalue weighted by Gasteiger charge is -2.30. The van der Waals surface area contributed by atoms with Gasteiger partial charge in [0.25, 0.3) is 0 Å². The van der Waals surface area contributed by atoms with E-state index in [-0.39, 0.29) is 0 Å². The van der Waals surface area contributed by atoms with Crippen molar-refractivity contribution in [3.05, 3.63) is 29.3 Å². The molecule has 1 heterocycles. The topological polar surface area (TPSA) is 3.24 Å². The van der Waals surface area contributed by atoms with Crippen LogP contribution in [-0.2, 0) is 0 Å². The minimum absolute atomic E-state index is 1.24. The van der Waals surface area contributed by atoms with Gasteiger partial charge in [0.2, 0.25) is 0 Å². The quantitative estimate of drug-likeness (QED) is 0.655. The van der Waals surface area contributed by atoms with E-state index < -0.39 is 0 Å². The summed E-state index contributed by atoms with van der Waals surface area (Å²) in [5.74, 6) is 0. The summed E-state index contributed by atoms with van der Waals surface area (Å²) in [5.41, 5.74) is 4.23. The zero-order valence-corrected chi connectivity index (χ0v) is 9.21. The number of nitrogens with zero attached hydrogens (tertiary/aromatic N) is 1. The molecule has 0 N–H and O–H groups in total. The van der Waals surface area contributed by atoms with Crippen LogP contribution in [-0.4, -0.2) is 13.1 Å². The van der Waals surface area contributed by atoms with Crippen molar-refractivity contribution in [1.82, 2.24) is 0 Å². The molecule has 0 radical (unpaired) electrons. The van der Waals surface area contributed by atoms with Crippen LogP contribution in [0, 0.1) is 13.8 Å². The largest absolute Gasteiger partial charge is 0.371 e. The Morgan fingerprint density at radius 2 is 1.71 bits per heavy atom. The third-order valence-electron chi connectivity index (χ3n) is 3.06. The van der Waals surface area contributed by atoms with Crippen molar-refractivity contribution in [3.8, 4) is 0 Å². The lowest BCUT2D eigenvalue weighted by Crippen LogP contribution is -2.29. The maximum absolute atomic E-state index is 2.53. The van der Waals surface area contributed by atoms with E-state index in [1.54, 1.807) is 0 Å². The van der Waals surface area contributed by atoms with Gasteiger partial charge in [-0.25, -0.2) is 0 Å². The summed E-state index contributed by atoms with van der Waals surface area (Å²) in [6.07, 6.45) is 4.11. The van der Waals surface area contributed by atoms with Crippen molar-refractivity contribution < 1.29 is 0 Å². The summed E-state index contributed by atoms with van der Waals surface area (Å²) in [6, 6.07) is 6.75. The van der Waals surface area contributed by atoms with Gasteiger partial charge in [-0.05, 0) is 50.3 Å². The molecule has 1 fully saturated rings. The number of hydrogen-bond acceptors (Lipinski definition) is 1. The summed E-state index contributed by atoms with van der Waals surface area (Å²) in [4.78, 5) is 2.53. The molecule has 2 rings (SSSR count). The van der Waals surface area contributed by atoms with Crippen molar-refractivity contribution in [2.75, 3.05) is 18.0 Å². The lowest BCUT2D eigenvalue weighted by molar-refractivity contribution is 0.577. The highest BCUT2D eigenvalue weighted by molar-refractivity contribution is 5.55. The molecule has 1 saturated heterocycles. The average Bonchev–Trinajstić information content (AvgIpc) is 2.23. The van der Waals surface area contributed by atoms with Gasteiger partial charge in [-0.3, -0.25) is 0 Å². The first-order valence-electron chi connectivity index (χ1n) is 5.59. The van der Waals surface area contributed by atoms with Crippen LogP contribution in [0.2, 0.25) is 0 Å². The fourth-order valence-electron chi connectivity index (χ4n) is 2.19. The van der Waals surface area contributed by atoms with E-state index in [9.17, 15) is 0 Å². The van der Waals surface area contributed by atoms with E-state index in [4.69, 9.17) is 0 Å². The molecule has 0 aliphatic carbocycles. The highest BCUT2D eigenvalue weighted by Crippen LogP contribution is 2.24. The zero-order valence-electron chi connectivity index (χ0n) is 9.21. The Morgan fingerprint density at radius 1 is 1.00 bits per heavy atom. The standard InChI is InChI=1S/C13H19N/c1-11-6-7-12(2)13(10-11)14-8-4-3-5-9-14/h6-7,10H,3-5,8-9H2,1-2H3. The molecule has 0 atom stereocenters. The number of anilines is 1. The number of benzene rings is 1. The molecule has 14 heavy (non-hydrogen) atoms. The van der Waals surface area contributed by atoms with E-state index in [0.717, 1.165) is 0 Å². The molecule has 1 nitrogen and oxygen atoms in total. The van der Waals surface area contributed by atoms with Crippen LogP contribution in [0.4, 0.5) is 5.69 Å². The maximum Gasteiger partial charge on any atom is 0.0398 e. The molecule has 0 aromatic heterocycles. The first-order chi connectivity index (χ1) is 6.77. The molecule has 76 valence electrons. The van der Waals surface area contributed by atoms with E-state index >= 15 is 0 Å². The first-order valence-corrected chi connectivity index (χ1v) is 5.59. The Labute approximate surface area is 86.7 Å². The highest BCUT2D eigenvalue weighted by atomic mass is 15.1. The minimum Gasteiger partial charge on any atom is -0.371 e. The monoisotopic (exact) mass is 189 g/mol. The summed E-state index contributed by atoms with van der Waals surface area (Å²) in [7, 11) is 0. The van der Waals surface area contributed by atoms with E-state index in [1.807, 2.05) is 0 Å². The predicted molar refractivity (Wildman–Crippen MR) is 62.0 cm³/mol. The summed E-state index contributed by atoms with van der Waals surface area (Å²) in [6.45, 7) is 6.87. The molecule has 0 bridgehead atoms. The van der Waals surface area contributed by atoms with Gasteiger partial charge in [-0.2, -0.15) is 0 Å². The molecule has 0 spiro atoms. The number of aryl methyl sites for hydroxylation is 2. The molecular formula is C13H19N. The van der Waals surface area contributed by atoms with Crippen LogP contribution < -0.4 is 4.90 Å². The maximum atomic E-state index is 2.53. The van der Waals surface area contributed by atoms with E-state index in [1.165, 1.54) is 49.2 Å². The molecule has 0 amide bonds. The predicted octanol–water partition coefficient (Wildman–Crippen LogP) is 3.29. The Morgan fingerprint density at radius 3 is 2.43 bits per heavy atom. The van der Waals surface area contributed by atoms with Crippen molar-refractivity contribution in [2.45, 2.75) is 33.1 Å². The molecule has 1 aromatic rings. The molecule has 0 saturated carbocycles. The second-order valence-corrected chi connectivity index (χ2v) is 4.34. The van der Waals surface area contributed by atoms with Crippen molar-refractivity contribution >= 4 is 5.69 Å². The molecule has 1 heteroatoms. The number of piperidine rings is 1. The fourth-order valence-corrected chi connectivity index (χ4v) is 2.19. The van der Waals surface area contributed by atoms with Gasteiger partial charge in [-0.1, -0.05) is 12.1 Å². The summed E-state index contributed by atoms with van der Waals surface area (Å²) >= 11 is 0. The van der Waals surface area contributed by atoms with Gasteiger partial charge < -0.3 is 4.90 Å². The van der Waals surface area contributed by atoms with Crippen LogP contribution >= 0.6 is 0 Å². The van der Waals surface area contributed by atoms with Gasteiger partial charge in [0.05, 0.1) is 0 Å². The van der Waals surface area contributed by atoms with Gasteiger partial charge >= 0.3 is 0 Å². The Kier molecular flexibility index (Phi) is 2.76. The van der Waals surface area contributed by atoms with Gasteiger partial charge in [0.15, 0.2) is 0 Å². The Balaban J connectivity index is 2.24. The highest BCUT2D eigenvalue weighted by Gasteiger charge is 2.12. The van der Waals surface area contributed by atoms with Crippen molar-refractivity contribution in [2.24, 2.45) is 0 Å². The van der Waals surface area contributed by atoms with E-state index in [2.05, 4.69) is 36.9 Å². The third-order valence-corrected chi connectivity index (χ3v) is 3.06. The van der Waals surface area contributed by atoms with Gasteiger partial charge in [0, 0.05) is 18.8 Å². The third kappa shape index (κ3) is 1.92. The van der Waals surface area contributed by atoms with Crippen molar-refractivity contribution in [1.29, 1.82) is 0 Å². The second-order valence-electron chi connectivity index (χ2n) is 4.34. The smallest absolute Gasteiger partial charge is 0.0398 e. The number of hydrogen-bond donors (Lipinski definition) is 0. The molecular weight excluding hydrogens is 170 g/mol. The summed E-state index contributed by atoms with van der Waals surface area (Å²) in [5, 5.41) is 0. The van der Waals surface area contributed by atoms with E-state index in [0.29, 0.717) is 0 Å². The molecule has 1 aliphatic rings. The SMILES string of the molecule is Cc1ccc(C)c(N2CCCCC2)c1. The van der Waals surface area contributed by atoms with Gasteiger partial charge in [-0.15, -0.1) is 0 Å². The van der Waals surface area contributed by atoms with Crippen molar-refractivity contribution in [3.63, 3.8) is 0 Å². The molecule has 0 unspecified atom stereocenters. The second kappa shape index (κ2) is 4.04. The Hall–Kier alpha value is -0.980. The van der Waals surface area contributed by atoms with Crippen LogP contribution in [0.1, 0.15) is 30.4 Å². The minimum atomic E-state index is 1.24. The fraction of sp³-hybridized carbons (Fsp3) is 0.538. The average molecular weight is 189 g/mol. The summed E-state index contributed by atoms with van der Waals surface area (Å²) < 4.78 is 0. The normalized spacial score (nSPS) is 17.1. The van der Waals surface area contributed by atoms with Gasteiger partial charge in [0.1, 0.15) is 0 Å².